The summed E-state index contributed by atoms with van der Waals surface area (Å²) >= 11 is 0. The zero-order valence-electron chi connectivity index (χ0n) is 15.1. The molecule has 0 saturated heterocycles. The minimum absolute atomic E-state index is 0.0681. The van der Waals surface area contributed by atoms with Crippen molar-refractivity contribution in [1.82, 2.24) is 15.1 Å². The zero-order chi connectivity index (χ0) is 18.6. The molecule has 0 aliphatic heterocycles. The first-order valence-electron chi connectivity index (χ1n) is 9.08. The molecule has 0 saturated carbocycles. The average Bonchev–Trinajstić information content (AvgIpc) is 3.39. The lowest BCUT2D eigenvalue weighted by Gasteiger charge is -2.15. The third-order valence-corrected chi connectivity index (χ3v) is 4.73. The molecule has 0 bridgehead atoms. The predicted octanol–water partition coefficient (Wildman–Crippen LogP) is 4.56. The number of nitrogens with zero attached hydrogens (tertiary/aromatic N) is 2. The Morgan fingerprint density at radius 3 is 2.81 bits per heavy atom. The van der Waals surface area contributed by atoms with Gasteiger partial charge in [0.25, 0.3) is 0 Å². The summed E-state index contributed by atoms with van der Waals surface area (Å²) in [5, 5.41) is 9.75. The summed E-state index contributed by atoms with van der Waals surface area (Å²) in [7, 11) is 0. The van der Waals surface area contributed by atoms with E-state index in [9.17, 15) is 4.79 Å². The van der Waals surface area contributed by atoms with Crippen LogP contribution in [0, 0.1) is 0 Å². The molecule has 0 aliphatic carbocycles. The summed E-state index contributed by atoms with van der Waals surface area (Å²) in [5.74, 6) is 0.664. The highest BCUT2D eigenvalue weighted by molar-refractivity contribution is 5.96. The minimum Gasteiger partial charge on any atom is -0.467 e. The molecular weight excluding hydrogens is 338 g/mol. The molecule has 0 fully saturated rings. The summed E-state index contributed by atoms with van der Waals surface area (Å²) in [6.45, 7) is 2.36. The highest BCUT2D eigenvalue weighted by Gasteiger charge is 2.20. The van der Waals surface area contributed by atoms with Gasteiger partial charge in [0.1, 0.15) is 11.8 Å². The first-order chi connectivity index (χ1) is 13.3. The molecule has 2 aromatic carbocycles. The summed E-state index contributed by atoms with van der Waals surface area (Å²) in [6, 6.07) is 17.8. The number of fused-ring (bicyclic) bond motifs is 1. The second kappa shape index (κ2) is 7.50. The third kappa shape index (κ3) is 3.49. The first-order valence-corrected chi connectivity index (χ1v) is 9.08. The van der Waals surface area contributed by atoms with Crippen LogP contribution in [0.3, 0.4) is 0 Å². The molecule has 5 nitrogen and oxygen atoms in total. The van der Waals surface area contributed by atoms with E-state index in [1.54, 1.807) is 10.9 Å². The van der Waals surface area contributed by atoms with Crippen molar-refractivity contribution in [3.63, 3.8) is 0 Å². The lowest BCUT2D eigenvalue weighted by atomic mass is 10.0. The number of rotatable bonds is 6. The van der Waals surface area contributed by atoms with Gasteiger partial charge in [-0.2, -0.15) is 5.10 Å². The number of benzene rings is 2. The lowest BCUT2D eigenvalue weighted by Crippen LogP contribution is -2.32. The normalized spacial score (nSPS) is 12.2. The Hall–Kier alpha value is -3.34. The van der Waals surface area contributed by atoms with Crippen molar-refractivity contribution in [3.8, 4) is 11.1 Å². The number of amides is 1. The molecule has 1 unspecified atom stereocenters. The molecule has 2 heterocycles. The molecule has 0 spiro atoms. The highest BCUT2D eigenvalue weighted by Crippen LogP contribution is 2.29. The standard InChI is InChI=1S/C22H21N3O2/c1-2-21(22(26)23-14-18-9-6-12-27-18)25-15-17(13-24-25)20-11-5-8-16-7-3-4-10-19(16)20/h3-13,15,21H,2,14H2,1H3,(H,23,26). The Labute approximate surface area is 157 Å². The van der Waals surface area contributed by atoms with Gasteiger partial charge in [0.2, 0.25) is 5.91 Å². The Bertz CT molecular complexity index is 1050. The van der Waals surface area contributed by atoms with Crippen LogP contribution in [-0.4, -0.2) is 15.7 Å². The zero-order valence-corrected chi connectivity index (χ0v) is 15.1. The highest BCUT2D eigenvalue weighted by atomic mass is 16.3. The molecule has 5 heteroatoms. The van der Waals surface area contributed by atoms with Gasteiger partial charge in [-0.25, -0.2) is 0 Å². The first kappa shape index (κ1) is 17.1. The van der Waals surface area contributed by atoms with Gasteiger partial charge in [-0.3, -0.25) is 9.48 Å². The summed E-state index contributed by atoms with van der Waals surface area (Å²) < 4.78 is 7.01. The van der Waals surface area contributed by atoms with E-state index in [0.29, 0.717) is 13.0 Å². The molecule has 27 heavy (non-hydrogen) atoms. The molecule has 1 N–H and O–H groups in total. The Morgan fingerprint density at radius 2 is 2.00 bits per heavy atom. The van der Waals surface area contributed by atoms with Gasteiger partial charge in [0.05, 0.1) is 19.0 Å². The Kier molecular flexibility index (Phi) is 4.75. The summed E-state index contributed by atoms with van der Waals surface area (Å²) in [5.41, 5.74) is 2.12. The number of hydrogen-bond donors (Lipinski definition) is 1. The van der Waals surface area contributed by atoms with Gasteiger partial charge in [0, 0.05) is 11.8 Å². The van der Waals surface area contributed by atoms with Gasteiger partial charge in [0.15, 0.2) is 0 Å². The Morgan fingerprint density at radius 1 is 1.15 bits per heavy atom. The van der Waals surface area contributed by atoms with Crippen LogP contribution < -0.4 is 5.32 Å². The average molecular weight is 359 g/mol. The quantitative estimate of drug-likeness (QED) is 0.549. The topological polar surface area (TPSA) is 60.1 Å². The van der Waals surface area contributed by atoms with Crippen LogP contribution in [0.2, 0.25) is 0 Å². The fourth-order valence-corrected chi connectivity index (χ4v) is 3.32. The molecule has 0 radical (unpaired) electrons. The Balaban J connectivity index is 1.57. The lowest BCUT2D eigenvalue weighted by molar-refractivity contribution is -0.125. The summed E-state index contributed by atoms with van der Waals surface area (Å²) in [4.78, 5) is 12.6. The molecule has 0 aliphatic rings. The van der Waals surface area contributed by atoms with E-state index < -0.39 is 0 Å². The second-order valence-electron chi connectivity index (χ2n) is 6.46. The van der Waals surface area contributed by atoms with Crippen molar-refractivity contribution in [2.75, 3.05) is 0 Å². The van der Waals surface area contributed by atoms with Crippen LogP contribution in [0.4, 0.5) is 0 Å². The van der Waals surface area contributed by atoms with Crippen LogP contribution in [-0.2, 0) is 11.3 Å². The van der Waals surface area contributed by atoms with E-state index >= 15 is 0 Å². The number of nitrogens with one attached hydrogen (secondary N) is 1. The predicted molar refractivity (Wildman–Crippen MR) is 105 cm³/mol. The van der Waals surface area contributed by atoms with E-state index in [2.05, 4.69) is 34.7 Å². The maximum atomic E-state index is 12.6. The van der Waals surface area contributed by atoms with E-state index in [4.69, 9.17) is 4.42 Å². The minimum atomic E-state index is -0.358. The monoisotopic (exact) mass is 359 g/mol. The maximum Gasteiger partial charge on any atom is 0.245 e. The molecule has 1 atom stereocenters. The summed E-state index contributed by atoms with van der Waals surface area (Å²) in [6.07, 6.45) is 6.02. The van der Waals surface area contributed by atoms with Crippen LogP contribution in [0.1, 0.15) is 25.1 Å². The van der Waals surface area contributed by atoms with E-state index in [0.717, 1.165) is 16.9 Å². The van der Waals surface area contributed by atoms with Gasteiger partial charge in [-0.1, -0.05) is 49.4 Å². The number of furan rings is 1. The van der Waals surface area contributed by atoms with Crippen LogP contribution in [0.25, 0.3) is 21.9 Å². The van der Waals surface area contributed by atoms with E-state index in [1.165, 1.54) is 10.8 Å². The number of hydrogen-bond acceptors (Lipinski definition) is 3. The van der Waals surface area contributed by atoms with E-state index in [1.807, 2.05) is 49.6 Å². The van der Waals surface area contributed by atoms with Gasteiger partial charge < -0.3 is 9.73 Å². The second-order valence-corrected chi connectivity index (χ2v) is 6.46. The van der Waals surface area contributed by atoms with Gasteiger partial charge in [-0.15, -0.1) is 0 Å². The third-order valence-electron chi connectivity index (χ3n) is 4.73. The van der Waals surface area contributed by atoms with Crippen molar-refractivity contribution >= 4 is 16.7 Å². The van der Waals surface area contributed by atoms with Crippen molar-refractivity contribution in [2.45, 2.75) is 25.9 Å². The van der Waals surface area contributed by atoms with E-state index in [-0.39, 0.29) is 11.9 Å². The molecular formula is C22H21N3O2. The number of carbonyl (C=O) groups is 1. The van der Waals surface area contributed by atoms with Crippen LogP contribution in [0.5, 0.6) is 0 Å². The molecule has 4 aromatic rings. The molecule has 1 amide bonds. The molecule has 4 rings (SSSR count). The fraction of sp³-hybridized carbons (Fsp3) is 0.182. The van der Waals surface area contributed by atoms with Crippen molar-refractivity contribution in [2.24, 2.45) is 0 Å². The largest absolute Gasteiger partial charge is 0.467 e. The van der Waals surface area contributed by atoms with Crippen LogP contribution in [0.15, 0.2) is 77.7 Å². The van der Waals surface area contributed by atoms with Crippen molar-refractivity contribution in [1.29, 1.82) is 0 Å². The maximum absolute atomic E-state index is 12.6. The van der Waals surface area contributed by atoms with Crippen LogP contribution >= 0.6 is 0 Å². The van der Waals surface area contributed by atoms with Gasteiger partial charge in [-0.05, 0) is 34.9 Å². The van der Waals surface area contributed by atoms with Crippen molar-refractivity contribution in [3.05, 3.63) is 79.0 Å². The van der Waals surface area contributed by atoms with Gasteiger partial charge >= 0.3 is 0 Å². The SMILES string of the molecule is CCC(C(=O)NCc1ccco1)n1cc(-c2cccc3ccccc23)cn1. The molecule has 136 valence electrons. The fourth-order valence-electron chi connectivity index (χ4n) is 3.32. The smallest absolute Gasteiger partial charge is 0.245 e. The van der Waals surface area contributed by atoms with Crippen molar-refractivity contribution < 1.29 is 9.21 Å². The number of carbonyl (C=O) groups excluding carboxylic acids is 1. The number of aromatic nitrogens is 2. The molecule has 2 aromatic heterocycles.